The van der Waals surface area contributed by atoms with Crippen LogP contribution < -0.4 is 15.4 Å². The van der Waals surface area contributed by atoms with Crippen LogP contribution in [0.1, 0.15) is 30.1 Å². The Morgan fingerprint density at radius 2 is 2.00 bits per heavy atom. The summed E-state index contributed by atoms with van der Waals surface area (Å²) in [6, 6.07) is 11.3. The predicted octanol–water partition coefficient (Wildman–Crippen LogP) is 4.33. The first-order chi connectivity index (χ1) is 13.0. The maximum Gasteiger partial charge on any atom is 0.258 e. The molecule has 1 aliphatic heterocycles. The second-order valence-corrected chi connectivity index (χ2v) is 7.20. The van der Waals surface area contributed by atoms with Crippen molar-refractivity contribution in [3.8, 4) is 5.75 Å². The van der Waals surface area contributed by atoms with Crippen LogP contribution in [-0.4, -0.2) is 30.4 Å². The van der Waals surface area contributed by atoms with E-state index in [1.54, 1.807) is 24.3 Å². The van der Waals surface area contributed by atoms with Gasteiger partial charge in [-0.25, -0.2) is 0 Å². The molecule has 1 heterocycles. The van der Waals surface area contributed by atoms with Crippen LogP contribution in [0.2, 0.25) is 10.0 Å². The van der Waals surface area contributed by atoms with Gasteiger partial charge in [-0.15, -0.1) is 0 Å². The summed E-state index contributed by atoms with van der Waals surface area (Å²) in [5.74, 6) is -0.123. The third kappa shape index (κ3) is 4.54. The molecular weight excluding hydrogens is 387 g/mol. The second-order valence-electron chi connectivity index (χ2n) is 6.36. The number of carbonyl (C=O) groups is 2. The maximum absolute atomic E-state index is 12.9. The van der Waals surface area contributed by atoms with Crippen molar-refractivity contribution < 1.29 is 14.3 Å². The van der Waals surface area contributed by atoms with Crippen LogP contribution >= 0.6 is 23.2 Å². The van der Waals surface area contributed by atoms with Gasteiger partial charge in [0.1, 0.15) is 11.8 Å². The van der Waals surface area contributed by atoms with Gasteiger partial charge in [-0.3, -0.25) is 9.59 Å². The lowest BCUT2D eigenvalue weighted by molar-refractivity contribution is -0.123. The summed E-state index contributed by atoms with van der Waals surface area (Å²) in [5.41, 5.74) is 1.38. The van der Waals surface area contributed by atoms with Crippen molar-refractivity contribution in [3.05, 3.63) is 58.1 Å². The van der Waals surface area contributed by atoms with Crippen molar-refractivity contribution in [2.75, 3.05) is 11.9 Å². The van der Waals surface area contributed by atoms with E-state index in [4.69, 9.17) is 27.9 Å². The van der Waals surface area contributed by atoms with Crippen LogP contribution in [0.3, 0.4) is 0 Å². The average Bonchev–Trinajstić information content (AvgIpc) is 2.64. The second kappa shape index (κ2) is 8.63. The molecule has 0 fully saturated rings. The first-order valence-corrected chi connectivity index (χ1v) is 9.52. The summed E-state index contributed by atoms with van der Waals surface area (Å²) < 4.78 is 5.46. The first-order valence-electron chi connectivity index (χ1n) is 8.76. The van der Waals surface area contributed by atoms with Gasteiger partial charge in [0.15, 0.2) is 12.4 Å². The third-order valence-corrected chi connectivity index (χ3v) is 4.92. The van der Waals surface area contributed by atoms with E-state index in [0.717, 1.165) is 18.5 Å². The van der Waals surface area contributed by atoms with E-state index in [2.05, 4.69) is 10.6 Å². The number of Topliss-reactive ketones (excluding diaryl/α,β-unsaturated/α-hetero) is 1. The van der Waals surface area contributed by atoms with Crippen LogP contribution in [0.25, 0.3) is 0 Å². The fourth-order valence-corrected chi connectivity index (χ4v) is 3.59. The summed E-state index contributed by atoms with van der Waals surface area (Å²) in [6.45, 7) is 1.79. The van der Waals surface area contributed by atoms with E-state index < -0.39 is 6.04 Å². The number of anilines is 1. The Morgan fingerprint density at radius 3 is 2.74 bits per heavy atom. The molecule has 2 N–H and O–H groups in total. The zero-order valence-corrected chi connectivity index (χ0v) is 16.3. The van der Waals surface area contributed by atoms with Gasteiger partial charge in [0, 0.05) is 16.3 Å². The molecule has 0 aromatic heterocycles. The number of halogens is 2. The molecule has 0 aliphatic carbocycles. The highest BCUT2D eigenvalue weighted by Crippen LogP contribution is 2.28. The lowest BCUT2D eigenvalue weighted by atomic mass is 9.89. The minimum Gasteiger partial charge on any atom is -0.482 e. The zero-order chi connectivity index (χ0) is 19.4. The molecular formula is C20H20Cl2N2O3. The topological polar surface area (TPSA) is 67.4 Å². The van der Waals surface area contributed by atoms with Crippen molar-refractivity contribution in [2.45, 2.75) is 31.8 Å². The number of nitrogens with one attached hydrogen (secondary N) is 2. The minimum atomic E-state index is -0.642. The summed E-state index contributed by atoms with van der Waals surface area (Å²) in [5, 5.41) is 6.97. The monoisotopic (exact) mass is 406 g/mol. The Labute approximate surface area is 168 Å². The van der Waals surface area contributed by atoms with Gasteiger partial charge in [0.05, 0.1) is 11.1 Å². The number of benzene rings is 2. The highest BCUT2D eigenvalue weighted by Gasteiger charge is 2.35. The van der Waals surface area contributed by atoms with Crippen LogP contribution in [-0.2, 0) is 4.79 Å². The van der Waals surface area contributed by atoms with Crippen LogP contribution in [0.4, 0.5) is 5.69 Å². The van der Waals surface area contributed by atoms with Gasteiger partial charge in [0.25, 0.3) is 5.91 Å². The highest BCUT2D eigenvalue weighted by atomic mass is 35.5. The third-order valence-electron chi connectivity index (χ3n) is 4.39. The number of para-hydroxylation sites is 1. The SMILES string of the molecule is CCC[C@@H]1Nc2ccccc2C(=O)[C@H]1NC(=O)COc1ccc(Cl)cc1Cl. The number of hydrogen-bond acceptors (Lipinski definition) is 4. The van der Waals surface area contributed by atoms with Gasteiger partial charge >= 0.3 is 0 Å². The molecule has 0 bridgehead atoms. The van der Waals surface area contributed by atoms with Crippen molar-refractivity contribution in [3.63, 3.8) is 0 Å². The van der Waals surface area contributed by atoms with E-state index >= 15 is 0 Å². The van der Waals surface area contributed by atoms with E-state index in [1.807, 2.05) is 25.1 Å². The van der Waals surface area contributed by atoms with Crippen molar-refractivity contribution in [2.24, 2.45) is 0 Å². The minimum absolute atomic E-state index is 0.0966. The molecule has 0 saturated carbocycles. The largest absolute Gasteiger partial charge is 0.482 e. The molecule has 0 unspecified atom stereocenters. The summed E-state index contributed by atoms with van der Waals surface area (Å²) in [7, 11) is 0. The van der Waals surface area contributed by atoms with Crippen molar-refractivity contribution >= 4 is 40.6 Å². The predicted molar refractivity (Wildman–Crippen MR) is 107 cm³/mol. The molecule has 0 radical (unpaired) electrons. The Balaban J connectivity index is 1.68. The fraction of sp³-hybridized carbons (Fsp3) is 0.300. The zero-order valence-electron chi connectivity index (χ0n) is 14.8. The molecule has 0 saturated heterocycles. The molecule has 7 heteroatoms. The number of fused-ring (bicyclic) bond motifs is 1. The fourth-order valence-electron chi connectivity index (χ4n) is 3.12. The van der Waals surface area contributed by atoms with Gasteiger partial charge in [0.2, 0.25) is 0 Å². The molecule has 1 amide bonds. The lowest BCUT2D eigenvalue weighted by Gasteiger charge is -2.34. The van der Waals surface area contributed by atoms with E-state index in [9.17, 15) is 9.59 Å². The Kier molecular flexibility index (Phi) is 6.24. The Bertz CT molecular complexity index is 857. The molecule has 3 rings (SSSR count). The first kappa shape index (κ1) is 19.5. The number of ether oxygens (including phenoxy) is 1. The van der Waals surface area contributed by atoms with E-state index in [1.165, 1.54) is 0 Å². The molecule has 1 aliphatic rings. The molecule has 27 heavy (non-hydrogen) atoms. The number of ketones is 1. The van der Waals surface area contributed by atoms with Crippen LogP contribution in [0, 0.1) is 0 Å². The van der Waals surface area contributed by atoms with Crippen LogP contribution in [0.5, 0.6) is 5.75 Å². The lowest BCUT2D eigenvalue weighted by Crippen LogP contribution is -2.55. The molecule has 2 aromatic rings. The number of amides is 1. The molecule has 5 nitrogen and oxygen atoms in total. The number of carbonyl (C=O) groups excluding carboxylic acids is 2. The van der Waals surface area contributed by atoms with E-state index in [-0.39, 0.29) is 24.3 Å². The van der Waals surface area contributed by atoms with Crippen molar-refractivity contribution in [1.29, 1.82) is 0 Å². The number of rotatable bonds is 6. The molecule has 142 valence electrons. The summed E-state index contributed by atoms with van der Waals surface area (Å²) >= 11 is 11.9. The maximum atomic E-state index is 12.9. The quantitative estimate of drug-likeness (QED) is 0.748. The number of hydrogen-bond donors (Lipinski definition) is 2. The molecule has 2 aromatic carbocycles. The van der Waals surface area contributed by atoms with E-state index in [0.29, 0.717) is 21.4 Å². The summed E-state index contributed by atoms with van der Waals surface area (Å²) in [4.78, 5) is 25.3. The van der Waals surface area contributed by atoms with Gasteiger partial charge in [-0.2, -0.15) is 0 Å². The highest BCUT2D eigenvalue weighted by molar-refractivity contribution is 6.35. The van der Waals surface area contributed by atoms with Gasteiger partial charge < -0.3 is 15.4 Å². The Hall–Kier alpha value is -2.24. The summed E-state index contributed by atoms with van der Waals surface area (Å²) in [6.07, 6.45) is 1.64. The molecule has 2 atom stereocenters. The molecule has 0 spiro atoms. The van der Waals surface area contributed by atoms with Gasteiger partial charge in [-0.1, -0.05) is 48.7 Å². The average molecular weight is 407 g/mol. The van der Waals surface area contributed by atoms with Crippen LogP contribution in [0.15, 0.2) is 42.5 Å². The van der Waals surface area contributed by atoms with Gasteiger partial charge in [-0.05, 0) is 36.8 Å². The standard InChI is InChI=1S/C20H20Cl2N2O3/c1-2-5-16-19(20(26)13-6-3-4-7-15(13)23-16)24-18(25)11-27-17-9-8-12(21)10-14(17)22/h3-4,6-10,16,19,23H,2,5,11H2,1H3,(H,24,25)/t16-,19-/m0/s1. The normalized spacial score (nSPS) is 18.4. The smallest absolute Gasteiger partial charge is 0.258 e. The Morgan fingerprint density at radius 1 is 1.22 bits per heavy atom. The van der Waals surface area contributed by atoms with Crippen molar-refractivity contribution in [1.82, 2.24) is 5.32 Å².